The fourth-order valence-electron chi connectivity index (χ4n) is 0.752. The average molecular weight is 135 g/mol. The molecule has 2 aromatic rings. The zero-order valence-electron chi connectivity index (χ0n) is 5.15. The van der Waals surface area contributed by atoms with E-state index in [-0.39, 0.29) is 0 Å². The first kappa shape index (κ1) is 5.29. The van der Waals surface area contributed by atoms with E-state index in [0.29, 0.717) is 5.89 Å². The van der Waals surface area contributed by atoms with Gasteiger partial charge in [0.1, 0.15) is 12.5 Å². The molecule has 0 spiro atoms. The Labute approximate surface area is 57.3 Å². The number of oxazole rings is 1. The van der Waals surface area contributed by atoms with Crippen molar-refractivity contribution in [3.05, 3.63) is 31.1 Å². The lowest BCUT2D eigenvalue weighted by atomic mass is 10.3. The Bertz CT molecular complexity index is 251. The van der Waals surface area contributed by atoms with Crippen LogP contribution in [0.15, 0.2) is 39.9 Å². The summed E-state index contributed by atoms with van der Waals surface area (Å²) in [6, 6.07) is 1.80. The Morgan fingerprint density at radius 1 is 1.30 bits per heavy atom. The summed E-state index contributed by atoms with van der Waals surface area (Å²) in [6.45, 7) is 0. The van der Waals surface area contributed by atoms with Crippen LogP contribution in [0, 0.1) is 0 Å². The van der Waals surface area contributed by atoms with Crippen molar-refractivity contribution in [3.63, 3.8) is 0 Å². The Morgan fingerprint density at radius 3 is 2.90 bits per heavy atom. The number of hydrogen-bond acceptors (Lipinski definition) is 3. The lowest BCUT2D eigenvalue weighted by Gasteiger charge is -1.81. The normalized spacial score (nSPS) is 10.0. The molecule has 0 bridgehead atoms. The van der Waals surface area contributed by atoms with Crippen molar-refractivity contribution in [2.45, 2.75) is 0 Å². The smallest absolute Gasteiger partial charge is 0.229 e. The van der Waals surface area contributed by atoms with Gasteiger partial charge in [-0.25, -0.2) is 4.98 Å². The predicted molar refractivity (Wildman–Crippen MR) is 34.2 cm³/mol. The predicted octanol–water partition coefficient (Wildman–Crippen LogP) is 1.93. The van der Waals surface area contributed by atoms with Gasteiger partial charge >= 0.3 is 0 Å². The van der Waals surface area contributed by atoms with E-state index in [1.807, 2.05) is 0 Å². The van der Waals surface area contributed by atoms with E-state index in [0.717, 1.165) is 5.56 Å². The van der Waals surface area contributed by atoms with Gasteiger partial charge in [0.05, 0.1) is 18.0 Å². The highest BCUT2D eigenvalue weighted by Gasteiger charge is 2.00. The van der Waals surface area contributed by atoms with Crippen LogP contribution in [0.25, 0.3) is 11.5 Å². The molecule has 0 N–H and O–H groups in total. The number of aromatic nitrogens is 1. The van der Waals surface area contributed by atoms with Crippen molar-refractivity contribution >= 4 is 0 Å². The zero-order chi connectivity index (χ0) is 6.81. The maximum Gasteiger partial charge on any atom is 0.229 e. The van der Waals surface area contributed by atoms with Crippen molar-refractivity contribution < 1.29 is 8.83 Å². The van der Waals surface area contributed by atoms with E-state index in [4.69, 9.17) is 8.83 Å². The molecule has 10 heavy (non-hydrogen) atoms. The third-order valence-electron chi connectivity index (χ3n) is 1.20. The van der Waals surface area contributed by atoms with Crippen LogP contribution in [-0.2, 0) is 0 Å². The van der Waals surface area contributed by atoms with Crippen LogP contribution in [0.1, 0.15) is 0 Å². The number of rotatable bonds is 1. The number of furan rings is 1. The third kappa shape index (κ3) is 0.719. The molecule has 2 rings (SSSR count). The summed E-state index contributed by atoms with van der Waals surface area (Å²) >= 11 is 0. The third-order valence-corrected chi connectivity index (χ3v) is 1.20. The topological polar surface area (TPSA) is 39.2 Å². The first-order valence-corrected chi connectivity index (χ1v) is 2.89. The van der Waals surface area contributed by atoms with Gasteiger partial charge in [0.25, 0.3) is 0 Å². The molecule has 0 unspecified atom stereocenters. The Kier molecular flexibility index (Phi) is 1.07. The van der Waals surface area contributed by atoms with E-state index < -0.39 is 0 Å². The highest BCUT2D eigenvalue weighted by atomic mass is 16.3. The molecule has 0 radical (unpaired) electrons. The molecule has 0 aliphatic heterocycles. The zero-order valence-corrected chi connectivity index (χ0v) is 5.15. The largest absolute Gasteiger partial charge is 0.472 e. The molecule has 50 valence electrons. The van der Waals surface area contributed by atoms with E-state index >= 15 is 0 Å². The fraction of sp³-hybridized carbons (Fsp3) is 0. The first-order valence-electron chi connectivity index (χ1n) is 2.89. The van der Waals surface area contributed by atoms with Gasteiger partial charge in [-0.15, -0.1) is 0 Å². The average Bonchev–Trinajstić information content (AvgIpc) is 2.59. The number of nitrogens with zero attached hydrogens (tertiary/aromatic N) is 1. The molecule has 0 saturated heterocycles. The SMILES string of the molecule is c1coc(-c2ccoc2)n1. The van der Waals surface area contributed by atoms with Gasteiger partial charge in [0, 0.05) is 0 Å². The molecule has 0 aliphatic rings. The van der Waals surface area contributed by atoms with Gasteiger partial charge in [-0.3, -0.25) is 0 Å². The molecule has 0 amide bonds. The lowest BCUT2D eigenvalue weighted by molar-refractivity contribution is 0.557. The monoisotopic (exact) mass is 135 g/mol. The Hall–Kier alpha value is -1.51. The van der Waals surface area contributed by atoms with Crippen molar-refractivity contribution in [2.24, 2.45) is 0 Å². The van der Waals surface area contributed by atoms with Gasteiger partial charge in [-0.2, -0.15) is 0 Å². The quantitative estimate of drug-likeness (QED) is 0.599. The highest BCUT2D eigenvalue weighted by molar-refractivity contribution is 5.49. The molecule has 0 saturated carbocycles. The van der Waals surface area contributed by atoms with Crippen LogP contribution < -0.4 is 0 Å². The van der Waals surface area contributed by atoms with Gasteiger partial charge in [-0.05, 0) is 6.07 Å². The summed E-state index contributed by atoms with van der Waals surface area (Å²) < 4.78 is 9.85. The summed E-state index contributed by atoms with van der Waals surface area (Å²) in [4.78, 5) is 3.93. The minimum Gasteiger partial charge on any atom is -0.472 e. The minimum atomic E-state index is 0.591. The van der Waals surface area contributed by atoms with Crippen LogP contribution in [0.2, 0.25) is 0 Å². The van der Waals surface area contributed by atoms with Crippen LogP contribution in [0.4, 0.5) is 0 Å². The highest BCUT2D eigenvalue weighted by Crippen LogP contribution is 2.15. The molecular formula is C7H5NO2. The van der Waals surface area contributed by atoms with Crippen molar-refractivity contribution in [1.82, 2.24) is 4.98 Å². The second-order valence-corrected chi connectivity index (χ2v) is 1.85. The molecule has 3 heteroatoms. The molecule has 0 aliphatic carbocycles. The standard InChI is InChI=1S/C7H5NO2/c1-3-9-5-6(1)7-8-2-4-10-7/h1-5H. The van der Waals surface area contributed by atoms with Crippen LogP contribution in [0.5, 0.6) is 0 Å². The Balaban J connectivity index is 2.48. The molecule has 0 atom stereocenters. The Morgan fingerprint density at radius 2 is 2.30 bits per heavy atom. The fourth-order valence-corrected chi connectivity index (χ4v) is 0.752. The summed E-state index contributed by atoms with van der Waals surface area (Å²) in [7, 11) is 0. The van der Waals surface area contributed by atoms with Gasteiger partial charge in [0.2, 0.25) is 5.89 Å². The molecule has 2 heterocycles. The maximum absolute atomic E-state index is 5.01. The van der Waals surface area contributed by atoms with E-state index in [1.54, 1.807) is 24.8 Å². The first-order chi connectivity index (χ1) is 4.97. The van der Waals surface area contributed by atoms with Gasteiger partial charge < -0.3 is 8.83 Å². The van der Waals surface area contributed by atoms with Crippen LogP contribution in [-0.4, -0.2) is 4.98 Å². The van der Waals surface area contributed by atoms with Crippen molar-refractivity contribution in [3.8, 4) is 11.5 Å². The van der Waals surface area contributed by atoms with Gasteiger partial charge in [-0.1, -0.05) is 0 Å². The summed E-state index contributed by atoms with van der Waals surface area (Å²) in [5, 5.41) is 0. The van der Waals surface area contributed by atoms with Crippen LogP contribution >= 0.6 is 0 Å². The van der Waals surface area contributed by atoms with Gasteiger partial charge in [0.15, 0.2) is 0 Å². The second kappa shape index (κ2) is 2.02. The van der Waals surface area contributed by atoms with Crippen molar-refractivity contribution in [2.75, 3.05) is 0 Å². The molecule has 0 aromatic carbocycles. The van der Waals surface area contributed by atoms with E-state index in [1.165, 1.54) is 6.26 Å². The molecule has 0 fully saturated rings. The summed E-state index contributed by atoms with van der Waals surface area (Å²) in [5.74, 6) is 0.591. The number of hydrogen-bond donors (Lipinski definition) is 0. The minimum absolute atomic E-state index is 0.591. The molecule has 3 nitrogen and oxygen atoms in total. The maximum atomic E-state index is 5.01. The van der Waals surface area contributed by atoms with E-state index in [2.05, 4.69) is 4.98 Å². The second-order valence-electron chi connectivity index (χ2n) is 1.85. The molecule has 2 aromatic heterocycles. The van der Waals surface area contributed by atoms with Crippen molar-refractivity contribution in [1.29, 1.82) is 0 Å². The molecular weight excluding hydrogens is 130 g/mol. The van der Waals surface area contributed by atoms with Crippen LogP contribution in [0.3, 0.4) is 0 Å². The summed E-state index contributed by atoms with van der Waals surface area (Å²) in [6.07, 6.45) is 6.30. The lowest BCUT2D eigenvalue weighted by Crippen LogP contribution is -1.68. The summed E-state index contributed by atoms with van der Waals surface area (Å²) in [5.41, 5.74) is 0.866. The van der Waals surface area contributed by atoms with E-state index in [9.17, 15) is 0 Å².